The standard InChI is InChI=1S/C19H26N8/c1-25-10-12-26(13-11-25)9-5-8-16-14-21-17(20)18-23-19(24-27(16)18)22-15-6-3-2-4-7-15/h2-4,6-7,14H,5,8-13H2,1H3,(H2,20,21)(H,22,24). The molecule has 0 atom stereocenters. The Morgan fingerprint density at radius 3 is 2.67 bits per heavy atom. The second kappa shape index (κ2) is 7.89. The molecule has 3 aromatic rings. The van der Waals surface area contributed by atoms with Gasteiger partial charge in [0.05, 0.1) is 11.9 Å². The van der Waals surface area contributed by atoms with E-state index in [1.54, 1.807) is 0 Å². The predicted octanol–water partition coefficient (Wildman–Crippen LogP) is 1.63. The molecule has 0 bridgehead atoms. The predicted molar refractivity (Wildman–Crippen MR) is 107 cm³/mol. The third kappa shape index (κ3) is 4.17. The summed E-state index contributed by atoms with van der Waals surface area (Å²) < 4.78 is 1.82. The van der Waals surface area contributed by atoms with E-state index < -0.39 is 0 Å². The van der Waals surface area contributed by atoms with Gasteiger partial charge in [-0.25, -0.2) is 9.50 Å². The Kier molecular flexibility index (Phi) is 5.17. The molecule has 0 aliphatic carbocycles. The average Bonchev–Trinajstić information content (AvgIpc) is 3.11. The number of hydrogen-bond donors (Lipinski definition) is 2. The van der Waals surface area contributed by atoms with E-state index in [0.717, 1.165) is 56.9 Å². The Morgan fingerprint density at radius 2 is 1.89 bits per heavy atom. The van der Waals surface area contributed by atoms with Crippen LogP contribution in [0, 0.1) is 0 Å². The van der Waals surface area contributed by atoms with E-state index in [1.165, 1.54) is 0 Å². The largest absolute Gasteiger partial charge is 0.381 e. The first-order valence-corrected chi connectivity index (χ1v) is 9.42. The number of fused-ring (bicyclic) bond motifs is 1. The molecular formula is C19H26N8. The smallest absolute Gasteiger partial charge is 0.247 e. The van der Waals surface area contributed by atoms with Gasteiger partial charge in [-0.2, -0.15) is 4.98 Å². The van der Waals surface area contributed by atoms with Crippen LogP contribution in [0.3, 0.4) is 0 Å². The molecule has 8 nitrogen and oxygen atoms in total. The molecule has 0 spiro atoms. The molecule has 0 amide bonds. The highest BCUT2D eigenvalue weighted by Crippen LogP contribution is 2.18. The fourth-order valence-electron chi connectivity index (χ4n) is 3.36. The summed E-state index contributed by atoms with van der Waals surface area (Å²) in [6.07, 6.45) is 3.77. The van der Waals surface area contributed by atoms with Crippen LogP contribution in [-0.2, 0) is 6.42 Å². The normalized spacial score (nSPS) is 16.0. The van der Waals surface area contributed by atoms with Gasteiger partial charge in [0, 0.05) is 31.9 Å². The Bertz CT molecular complexity index is 883. The maximum absolute atomic E-state index is 6.02. The Labute approximate surface area is 159 Å². The molecule has 0 saturated carbocycles. The van der Waals surface area contributed by atoms with Crippen molar-refractivity contribution in [3.63, 3.8) is 0 Å². The number of hydrogen-bond acceptors (Lipinski definition) is 7. The molecule has 4 rings (SSSR count). The summed E-state index contributed by atoms with van der Waals surface area (Å²) >= 11 is 0. The number of nitrogen functional groups attached to an aromatic ring is 1. The van der Waals surface area contributed by atoms with Crippen LogP contribution in [0.1, 0.15) is 12.1 Å². The van der Waals surface area contributed by atoms with Gasteiger partial charge in [0.1, 0.15) is 0 Å². The number of nitrogens with one attached hydrogen (secondary N) is 1. The van der Waals surface area contributed by atoms with Crippen molar-refractivity contribution >= 4 is 23.1 Å². The van der Waals surface area contributed by atoms with Crippen molar-refractivity contribution in [3.05, 3.63) is 42.2 Å². The van der Waals surface area contributed by atoms with Crippen LogP contribution in [0.5, 0.6) is 0 Å². The van der Waals surface area contributed by atoms with Crippen LogP contribution in [0.4, 0.5) is 17.5 Å². The van der Waals surface area contributed by atoms with Gasteiger partial charge in [-0.1, -0.05) is 18.2 Å². The number of piperazine rings is 1. The number of rotatable bonds is 6. The summed E-state index contributed by atoms with van der Waals surface area (Å²) in [6.45, 7) is 5.65. The van der Waals surface area contributed by atoms with Crippen LogP contribution in [-0.4, -0.2) is 69.2 Å². The van der Waals surface area contributed by atoms with Crippen molar-refractivity contribution in [1.82, 2.24) is 29.4 Å². The minimum absolute atomic E-state index is 0.395. The molecular weight excluding hydrogens is 340 g/mol. The van der Waals surface area contributed by atoms with Gasteiger partial charge in [0.25, 0.3) is 0 Å². The van der Waals surface area contributed by atoms with E-state index in [1.807, 2.05) is 41.0 Å². The van der Waals surface area contributed by atoms with E-state index in [9.17, 15) is 0 Å². The number of anilines is 3. The van der Waals surface area contributed by atoms with Gasteiger partial charge >= 0.3 is 0 Å². The van der Waals surface area contributed by atoms with Gasteiger partial charge in [0.2, 0.25) is 5.95 Å². The number of nitrogens with zero attached hydrogens (tertiary/aromatic N) is 6. The van der Waals surface area contributed by atoms with Crippen molar-refractivity contribution in [2.24, 2.45) is 0 Å². The number of benzene rings is 1. The molecule has 3 heterocycles. The summed E-state index contributed by atoms with van der Waals surface area (Å²) in [4.78, 5) is 13.7. The zero-order chi connectivity index (χ0) is 18.6. The summed E-state index contributed by atoms with van der Waals surface area (Å²) in [6, 6.07) is 9.87. The third-order valence-electron chi connectivity index (χ3n) is 4.99. The van der Waals surface area contributed by atoms with E-state index in [-0.39, 0.29) is 0 Å². The topological polar surface area (TPSA) is 87.6 Å². The molecule has 142 valence electrons. The summed E-state index contributed by atoms with van der Waals surface area (Å²) in [5.41, 5.74) is 8.59. The Hall–Kier alpha value is -2.71. The number of aromatic nitrogens is 4. The SMILES string of the molecule is CN1CCN(CCCc2cnc(N)c3nc(Nc4ccccc4)nn23)CC1. The highest BCUT2D eigenvalue weighted by atomic mass is 15.4. The lowest BCUT2D eigenvalue weighted by Crippen LogP contribution is -2.44. The van der Waals surface area contributed by atoms with Gasteiger partial charge in [-0.05, 0) is 38.6 Å². The van der Waals surface area contributed by atoms with Gasteiger partial charge < -0.3 is 20.9 Å². The molecule has 3 N–H and O–H groups in total. The van der Waals surface area contributed by atoms with Crippen LogP contribution in [0.2, 0.25) is 0 Å². The maximum Gasteiger partial charge on any atom is 0.247 e. The van der Waals surface area contributed by atoms with Gasteiger partial charge in [-0.15, -0.1) is 5.10 Å². The highest BCUT2D eigenvalue weighted by Gasteiger charge is 2.15. The molecule has 1 fully saturated rings. The zero-order valence-electron chi connectivity index (χ0n) is 15.7. The first-order chi connectivity index (χ1) is 13.2. The molecule has 1 aromatic carbocycles. The minimum Gasteiger partial charge on any atom is -0.381 e. The fraction of sp³-hybridized carbons (Fsp3) is 0.421. The van der Waals surface area contributed by atoms with Crippen LogP contribution in [0.15, 0.2) is 36.5 Å². The Balaban J connectivity index is 1.45. The fourth-order valence-corrected chi connectivity index (χ4v) is 3.36. The van der Waals surface area contributed by atoms with Crippen molar-refractivity contribution < 1.29 is 0 Å². The lowest BCUT2D eigenvalue weighted by Gasteiger charge is -2.32. The number of para-hydroxylation sites is 1. The van der Waals surface area contributed by atoms with E-state index in [4.69, 9.17) is 5.73 Å². The van der Waals surface area contributed by atoms with Crippen molar-refractivity contribution in [2.45, 2.75) is 12.8 Å². The van der Waals surface area contributed by atoms with Gasteiger partial charge in [0.15, 0.2) is 11.5 Å². The summed E-state index contributed by atoms with van der Waals surface area (Å²) in [5, 5.41) is 7.82. The van der Waals surface area contributed by atoms with Gasteiger partial charge in [-0.3, -0.25) is 0 Å². The molecule has 2 aromatic heterocycles. The minimum atomic E-state index is 0.395. The van der Waals surface area contributed by atoms with E-state index in [2.05, 4.69) is 37.2 Å². The highest BCUT2D eigenvalue weighted by molar-refractivity contribution is 5.63. The lowest BCUT2D eigenvalue weighted by atomic mass is 10.2. The summed E-state index contributed by atoms with van der Waals surface area (Å²) in [7, 11) is 2.18. The third-order valence-corrected chi connectivity index (χ3v) is 4.99. The average molecular weight is 366 g/mol. The second-order valence-corrected chi connectivity index (χ2v) is 7.05. The zero-order valence-corrected chi connectivity index (χ0v) is 15.7. The molecule has 27 heavy (non-hydrogen) atoms. The van der Waals surface area contributed by atoms with E-state index in [0.29, 0.717) is 17.4 Å². The molecule has 0 radical (unpaired) electrons. The molecule has 1 saturated heterocycles. The maximum atomic E-state index is 6.02. The number of aryl methyl sites for hydroxylation is 1. The lowest BCUT2D eigenvalue weighted by molar-refractivity contribution is 0.153. The molecule has 1 aliphatic heterocycles. The first-order valence-electron chi connectivity index (χ1n) is 9.42. The molecule has 8 heteroatoms. The van der Waals surface area contributed by atoms with Crippen molar-refractivity contribution in [3.8, 4) is 0 Å². The number of likely N-dealkylation sites (N-methyl/N-ethyl adjacent to an activating group) is 1. The van der Waals surface area contributed by atoms with Crippen LogP contribution >= 0.6 is 0 Å². The summed E-state index contributed by atoms with van der Waals surface area (Å²) in [5.74, 6) is 0.924. The molecule has 1 aliphatic rings. The molecule has 0 unspecified atom stereocenters. The Morgan fingerprint density at radius 1 is 1.11 bits per heavy atom. The van der Waals surface area contributed by atoms with Crippen molar-refractivity contribution in [1.29, 1.82) is 0 Å². The van der Waals surface area contributed by atoms with E-state index >= 15 is 0 Å². The van der Waals surface area contributed by atoms with Crippen molar-refractivity contribution in [2.75, 3.05) is 50.8 Å². The quantitative estimate of drug-likeness (QED) is 0.685. The number of nitrogens with two attached hydrogens (primary N) is 1. The van der Waals surface area contributed by atoms with Crippen LogP contribution in [0.25, 0.3) is 5.65 Å². The second-order valence-electron chi connectivity index (χ2n) is 7.05. The first kappa shape index (κ1) is 17.7. The monoisotopic (exact) mass is 366 g/mol. The van der Waals surface area contributed by atoms with Crippen LogP contribution < -0.4 is 11.1 Å².